The molecule has 0 unspecified atom stereocenters. The van der Waals surface area contributed by atoms with Crippen LogP contribution < -0.4 is 5.32 Å². The van der Waals surface area contributed by atoms with Crippen molar-refractivity contribution in [3.05, 3.63) is 70.1 Å². The van der Waals surface area contributed by atoms with E-state index in [9.17, 15) is 4.79 Å². The first-order chi connectivity index (χ1) is 13.7. The molecule has 6 nitrogen and oxygen atoms in total. The monoisotopic (exact) mass is 396 g/mol. The minimum atomic E-state index is -0.345. The van der Waals surface area contributed by atoms with Crippen LogP contribution in [-0.4, -0.2) is 47.0 Å². The molecule has 1 atom stereocenters. The summed E-state index contributed by atoms with van der Waals surface area (Å²) in [5, 5.41) is 8.93. The van der Waals surface area contributed by atoms with Crippen molar-refractivity contribution in [2.75, 3.05) is 31.5 Å². The van der Waals surface area contributed by atoms with Gasteiger partial charge >= 0.3 is 0 Å². The second-order valence-corrected chi connectivity index (χ2v) is 8.05. The molecule has 1 amide bonds. The third-order valence-corrected chi connectivity index (χ3v) is 5.84. The second-order valence-electron chi connectivity index (χ2n) is 7.02. The molecule has 4 rings (SSSR count). The van der Waals surface area contributed by atoms with Crippen LogP contribution in [0.4, 0.5) is 5.82 Å². The molecule has 1 saturated heterocycles. The summed E-state index contributed by atoms with van der Waals surface area (Å²) in [6.45, 7) is 6.36. The zero-order valence-corrected chi connectivity index (χ0v) is 16.7. The third-order valence-electron chi connectivity index (χ3n) is 4.97. The summed E-state index contributed by atoms with van der Waals surface area (Å²) in [5.74, 6) is 1.06. The first kappa shape index (κ1) is 18.9. The summed E-state index contributed by atoms with van der Waals surface area (Å²) in [7, 11) is 0. The van der Waals surface area contributed by atoms with Crippen LogP contribution in [0.2, 0.25) is 0 Å². The van der Waals surface area contributed by atoms with Crippen molar-refractivity contribution in [1.29, 1.82) is 0 Å². The van der Waals surface area contributed by atoms with E-state index in [0.29, 0.717) is 11.6 Å². The Morgan fingerprint density at radius 1 is 1.18 bits per heavy atom. The number of carbonyl (C=O) groups is 1. The molecule has 0 bridgehead atoms. The van der Waals surface area contributed by atoms with Gasteiger partial charge in [0.2, 0.25) is 5.91 Å². The first-order valence-corrected chi connectivity index (χ1v) is 10.3. The zero-order chi connectivity index (χ0) is 19.3. The lowest BCUT2D eigenvalue weighted by Crippen LogP contribution is -2.49. The molecule has 0 spiro atoms. The third kappa shape index (κ3) is 4.49. The topological polar surface area (TPSA) is 61.6 Å². The Labute approximate surface area is 168 Å². The summed E-state index contributed by atoms with van der Waals surface area (Å²) < 4.78 is 5.08. The van der Waals surface area contributed by atoms with Crippen molar-refractivity contribution in [3.63, 3.8) is 0 Å². The SMILES string of the molecule is Cc1cc(NC(=O)[C@H](c2ccccc2)N2CCN(Cc3cccs3)CC2)no1. The van der Waals surface area contributed by atoms with Crippen LogP contribution in [0.5, 0.6) is 0 Å². The molecule has 0 aliphatic carbocycles. The number of hydrogen-bond donors (Lipinski definition) is 1. The highest BCUT2D eigenvalue weighted by Gasteiger charge is 2.31. The molecular weight excluding hydrogens is 372 g/mol. The quantitative estimate of drug-likeness (QED) is 0.691. The van der Waals surface area contributed by atoms with Gasteiger partial charge < -0.3 is 9.84 Å². The molecule has 1 N–H and O–H groups in total. The van der Waals surface area contributed by atoms with Crippen LogP contribution in [0, 0.1) is 6.92 Å². The van der Waals surface area contributed by atoms with Crippen LogP contribution in [0.1, 0.15) is 22.2 Å². The number of aromatic nitrogens is 1. The standard InChI is InChI=1S/C21H24N4O2S/c1-16-14-19(23-27-16)22-21(26)20(17-6-3-2-4-7-17)25-11-9-24(10-12-25)15-18-8-5-13-28-18/h2-8,13-14,20H,9-12,15H2,1H3,(H,22,23,26)/t20-/m0/s1. The smallest absolute Gasteiger partial charge is 0.247 e. The molecule has 1 aliphatic rings. The highest BCUT2D eigenvalue weighted by molar-refractivity contribution is 7.09. The number of rotatable bonds is 6. The second kappa shape index (κ2) is 8.68. The largest absolute Gasteiger partial charge is 0.360 e. The lowest BCUT2D eigenvalue weighted by atomic mass is 10.0. The van der Waals surface area contributed by atoms with E-state index in [0.717, 1.165) is 38.3 Å². The normalized spacial score (nSPS) is 16.8. The van der Waals surface area contributed by atoms with E-state index in [-0.39, 0.29) is 11.9 Å². The van der Waals surface area contributed by atoms with Gasteiger partial charge in [0.05, 0.1) is 0 Å². The molecule has 3 heterocycles. The van der Waals surface area contributed by atoms with Gasteiger partial charge in [-0.05, 0) is 23.9 Å². The van der Waals surface area contributed by atoms with Crippen molar-refractivity contribution >= 4 is 23.1 Å². The lowest BCUT2D eigenvalue weighted by Gasteiger charge is -2.38. The van der Waals surface area contributed by atoms with Gasteiger partial charge in [0.1, 0.15) is 11.8 Å². The maximum Gasteiger partial charge on any atom is 0.247 e. The van der Waals surface area contributed by atoms with Gasteiger partial charge in [-0.15, -0.1) is 11.3 Å². The van der Waals surface area contributed by atoms with E-state index >= 15 is 0 Å². The van der Waals surface area contributed by atoms with Gasteiger partial charge in [-0.25, -0.2) is 0 Å². The van der Waals surface area contributed by atoms with E-state index in [1.165, 1.54) is 4.88 Å². The Morgan fingerprint density at radius 2 is 1.96 bits per heavy atom. The van der Waals surface area contributed by atoms with Crippen molar-refractivity contribution in [3.8, 4) is 0 Å². The number of carbonyl (C=O) groups excluding carboxylic acids is 1. The molecule has 28 heavy (non-hydrogen) atoms. The average molecular weight is 397 g/mol. The number of anilines is 1. The number of nitrogens with zero attached hydrogens (tertiary/aromatic N) is 3. The van der Waals surface area contributed by atoms with E-state index < -0.39 is 0 Å². The van der Waals surface area contributed by atoms with E-state index in [4.69, 9.17) is 4.52 Å². The van der Waals surface area contributed by atoms with Gasteiger partial charge in [0.25, 0.3) is 0 Å². The zero-order valence-electron chi connectivity index (χ0n) is 15.9. The number of nitrogens with one attached hydrogen (secondary N) is 1. The fourth-order valence-corrected chi connectivity index (χ4v) is 4.33. The Bertz CT molecular complexity index is 886. The molecule has 3 aromatic rings. The number of piperazine rings is 1. The van der Waals surface area contributed by atoms with E-state index in [2.05, 4.69) is 37.8 Å². The molecule has 1 aromatic carbocycles. The molecule has 146 valence electrons. The summed E-state index contributed by atoms with van der Waals surface area (Å²) in [4.78, 5) is 19.2. The van der Waals surface area contributed by atoms with Crippen LogP contribution >= 0.6 is 11.3 Å². The van der Waals surface area contributed by atoms with Gasteiger partial charge in [-0.1, -0.05) is 41.6 Å². The van der Waals surface area contributed by atoms with Crippen molar-refractivity contribution < 1.29 is 9.32 Å². The Morgan fingerprint density at radius 3 is 2.61 bits per heavy atom. The molecular formula is C21H24N4O2S. The highest BCUT2D eigenvalue weighted by atomic mass is 32.1. The van der Waals surface area contributed by atoms with Gasteiger partial charge in [0, 0.05) is 43.7 Å². The summed E-state index contributed by atoms with van der Waals surface area (Å²) >= 11 is 1.79. The number of aryl methyl sites for hydroxylation is 1. The fraction of sp³-hybridized carbons (Fsp3) is 0.333. The van der Waals surface area contributed by atoms with Gasteiger partial charge in [-0.2, -0.15) is 0 Å². The van der Waals surface area contributed by atoms with Crippen LogP contribution in [-0.2, 0) is 11.3 Å². The first-order valence-electron chi connectivity index (χ1n) is 9.47. The molecule has 2 aromatic heterocycles. The fourth-order valence-electron chi connectivity index (χ4n) is 3.59. The Balaban J connectivity index is 1.46. The molecule has 1 aliphatic heterocycles. The maximum absolute atomic E-state index is 13.1. The Hall–Kier alpha value is -2.48. The summed E-state index contributed by atoms with van der Waals surface area (Å²) in [6, 6.07) is 15.6. The minimum Gasteiger partial charge on any atom is -0.360 e. The van der Waals surface area contributed by atoms with E-state index in [1.807, 2.05) is 37.3 Å². The Kier molecular flexibility index (Phi) is 5.85. The van der Waals surface area contributed by atoms with Crippen LogP contribution in [0.25, 0.3) is 0 Å². The molecule has 0 saturated carbocycles. The minimum absolute atomic E-state index is 0.0776. The highest BCUT2D eigenvalue weighted by Crippen LogP contribution is 2.25. The summed E-state index contributed by atoms with van der Waals surface area (Å²) in [5.41, 5.74) is 0.993. The maximum atomic E-state index is 13.1. The number of thiophene rings is 1. The lowest BCUT2D eigenvalue weighted by molar-refractivity contribution is -0.122. The average Bonchev–Trinajstić information content (AvgIpc) is 3.36. The number of benzene rings is 1. The number of hydrogen-bond acceptors (Lipinski definition) is 6. The van der Waals surface area contributed by atoms with Crippen molar-refractivity contribution in [2.45, 2.75) is 19.5 Å². The van der Waals surface area contributed by atoms with E-state index in [1.54, 1.807) is 17.4 Å². The molecule has 0 radical (unpaired) electrons. The number of amides is 1. The molecule has 7 heteroatoms. The van der Waals surface area contributed by atoms with Gasteiger partial charge in [0.15, 0.2) is 5.82 Å². The summed E-state index contributed by atoms with van der Waals surface area (Å²) in [6.07, 6.45) is 0. The van der Waals surface area contributed by atoms with Crippen molar-refractivity contribution in [1.82, 2.24) is 15.0 Å². The van der Waals surface area contributed by atoms with Crippen molar-refractivity contribution in [2.24, 2.45) is 0 Å². The van der Waals surface area contributed by atoms with Gasteiger partial charge in [-0.3, -0.25) is 14.6 Å². The predicted molar refractivity (Wildman–Crippen MR) is 110 cm³/mol. The van der Waals surface area contributed by atoms with Crippen LogP contribution in [0.15, 0.2) is 58.4 Å². The predicted octanol–water partition coefficient (Wildman–Crippen LogP) is 3.54. The van der Waals surface area contributed by atoms with Crippen LogP contribution in [0.3, 0.4) is 0 Å². The molecule has 1 fully saturated rings.